The van der Waals surface area contributed by atoms with Crippen molar-refractivity contribution in [2.75, 3.05) is 0 Å². The molecule has 4 aromatic rings. The summed E-state index contributed by atoms with van der Waals surface area (Å²) in [6, 6.07) is 24.9. The smallest absolute Gasteiger partial charge is 0.211 e. The predicted octanol–water partition coefficient (Wildman–Crippen LogP) is 6.26. The fraction of sp³-hybridized carbons (Fsp3) is 0.120. The second-order valence-corrected chi connectivity index (χ2v) is 7.97. The monoisotopic (exact) mass is 397 g/mol. The first-order valence-corrected chi connectivity index (χ1v) is 10.5. The zero-order chi connectivity index (χ0) is 20.2. The SMILES string of the molecule is Cc1cccc(N=c2scc(-c3ccccc3)n2N=Cc2ccc(C)cc2C)c1. The Labute approximate surface area is 175 Å². The van der Waals surface area contributed by atoms with Gasteiger partial charge in [0.2, 0.25) is 4.80 Å². The lowest BCUT2D eigenvalue weighted by Crippen LogP contribution is -2.11. The molecule has 0 saturated heterocycles. The standard InChI is InChI=1S/C25H23N3S/c1-18-8-7-11-23(15-18)27-25-28(24(17-29-25)21-9-5-4-6-10-21)26-16-22-13-12-19(2)14-20(22)3/h4-17H,1-3H3. The van der Waals surface area contributed by atoms with Crippen molar-refractivity contribution in [2.45, 2.75) is 20.8 Å². The largest absolute Gasteiger partial charge is 0.220 e. The van der Waals surface area contributed by atoms with Crippen LogP contribution in [0.2, 0.25) is 0 Å². The van der Waals surface area contributed by atoms with Crippen molar-refractivity contribution in [3.05, 3.63) is 105 Å². The van der Waals surface area contributed by atoms with Crippen LogP contribution in [0.25, 0.3) is 11.3 Å². The third-order valence-electron chi connectivity index (χ3n) is 4.72. The van der Waals surface area contributed by atoms with E-state index in [4.69, 9.17) is 10.1 Å². The van der Waals surface area contributed by atoms with Gasteiger partial charge in [-0.25, -0.2) is 9.67 Å². The van der Waals surface area contributed by atoms with Gasteiger partial charge in [0.15, 0.2) is 0 Å². The van der Waals surface area contributed by atoms with E-state index in [1.165, 1.54) is 16.7 Å². The minimum absolute atomic E-state index is 0.843. The molecule has 1 heterocycles. The maximum atomic E-state index is 4.86. The third kappa shape index (κ3) is 4.44. The Bertz CT molecular complexity index is 1230. The Morgan fingerprint density at radius 1 is 0.828 bits per heavy atom. The van der Waals surface area contributed by atoms with Crippen LogP contribution in [0.4, 0.5) is 5.69 Å². The van der Waals surface area contributed by atoms with Gasteiger partial charge in [0.1, 0.15) is 0 Å². The second-order valence-electron chi connectivity index (χ2n) is 7.14. The summed E-state index contributed by atoms with van der Waals surface area (Å²) in [5, 5.41) is 6.94. The van der Waals surface area contributed by atoms with E-state index < -0.39 is 0 Å². The molecule has 4 rings (SSSR count). The highest BCUT2D eigenvalue weighted by Crippen LogP contribution is 2.21. The minimum Gasteiger partial charge on any atom is -0.220 e. The number of aryl methyl sites for hydroxylation is 3. The van der Waals surface area contributed by atoms with E-state index in [9.17, 15) is 0 Å². The first-order chi connectivity index (χ1) is 14.1. The Hall–Kier alpha value is -3.24. The molecule has 0 N–H and O–H groups in total. The highest BCUT2D eigenvalue weighted by molar-refractivity contribution is 7.07. The van der Waals surface area contributed by atoms with Gasteiger partial charge < -0.3 is 0 Å². The lowest BCUT2D eigenvalue weighted by Gasteiger charge is -2.05. The van der Waals surface area contributed by atoms with Crippen LogP contribution < -0.4 is 4.80 Å². The summed E-state index contributed by atoms with van der Waals surface area (Å²) in [5.41, 5.74) is 7.84. The van der Waals surface area contributed by atoms with Gasteiger partial charge in [0, 0.05) is 10.9 Å². The Balaban J connectivity index is 1.85. The molecule has 0 aliphatic rings. The van der Waals surface area contributed by atoms with Crippen LogP contribution in [0.3, 0.4) is 0 Å². The molecule has 0 unspecified atom stereocenters. The zero-order valence-electron chi connectivity index (χ0n) is 16.8. The Kier molecular flexibility index (Phi) is 5.54. The molecular formula is C25H23N3S. The van der Waals surface area contributed by atoms with Crippen molar-refractivity contribution >= 4 is 23.2 Å². The molecule has 1 aromatic heterocycles. The Morgan fingerprint density at radius 3 is 2.38 bits per heavy atom. The molecule has 144 valence electrons. The molecule has 3 aromatic carbocycles. The lowest BCUT2D eigenvalue weighted by molar-refractivity contribution is 0.854. The van der Waals surface area contributed by atoms with Crippen molar-refractivity contribution in [3.63, 3.8) is 0 Å². The first-order valence-electron chi connectivity index (χ1n) is 9.59. The fourth-order valence-electron chi connectivity index (χ4n) is 3.19. The third-order valence-corrected chi connectivity index (χ3v) is 5.54. The maximum absolute atomic E-state index is 4.86. The number of hydrogen-bond donors (Lipinski definition) is 0. The summed E-state index contributed by atoms with van der Waals surface area (Å²) in [6.45, 7) is 6.30. The summed E-state index contributed by atoms with van der Waals surface area (Å²) in [7, 11) is 0. The molecule has 0 amide bonds. The molecule has 0 aliphatic carbocycles. The van der Waals surface area contributed by atoms with E-state index in [-0.39, 0.29) is 0 Å². The van der Waals surface area contributed by atoms with Crippen molar-refractivity contribution in [2.24, 2.45) is 10.1 Å². The molecule has 0 radical (unpaired) electrons. The van der Waals surface area contributed by atoms with Gasteiger partial charge in [-0.1, -0.05) is 66.2 Å². The zero-order valence-corrected chi connectivity index (χ0v) is 17.6. The number of benzene rings is 3. The summed E-state index contributed by atoms with van der Waals surface area (Å²) in [6.07, 6.45) is 1.92. The summed E-state index contributed by atoms with van der Waals surface area (Å²) in [4.78, 5) is 5.71. The number of aromatic nitrogens is 1. The second kappa shape index (κ2) is 8.41. The van der Waals surface area contributed by atoms with Crippen molar-refractivity contribution in [1.82, 2.24) is 4.68 Å². The van der Waals surface area contributed by atoms with Gasteiger partial charge in [-0.2, -0.15) is 5.10 Å². The number of nitrogens with zero attached hydrogens (tertiary/aromatic N) is 3. The van der Waals surface area contributed by atoms with Gasteiger partial charge in [-0.3, -0.25) is 0 Å². The normalized spacial score (nSPS) is 12.0. The van der Waals surface area contributed by atoms with E-state index in [1.807, 2.05) is 41.2 Å². The van der Waals surface area contributed by atoms with Gasteiger partial charge in [-0.05, 0) is 49.6 Å². The maximum Gasteiger partial charge on any atom is 0.211 e. The molecule has 0 saturated carbocycles. The average Bonchev–Trinajstić information content (AvgIpc) is 3.10. The highest BCUT2D eigenvalue weighted by atomic mass is 32.1. The molecular weight excluding hydrogens is 374 g/mol. The first kappa shape index (κ1) is 19.1. The van der Waals surface area contributed by atoms with Crippen LogP contribution in [-0.2, 0) is 0 Å². The average molecular weight is 398 g/mol. The molecule has 0 atom stereocenters. The number of hydrogen-bond acceptors (Lipinski definition) is 3. The quantitative estimate of drug-likeness (QED) is 0.364. The van der Waals surface area contributed by atoms with Crippen LogP contribution in [0.1, 0.15) is 22.3 Å². The van der Waals surface area contributed by atoms with Crippen LogP contribution in [0.5, 0.6) is 0 Å². The lowest BCUT2D eigenvalue weighted by atomic mass is 10.1. The van der Waals surface area contributed by atoms with Crippen LogP contribution in [-0.4, -0.2) is 10.9 Å². The Morgan fingerprint density at radius 2 is 1.62 bits per heavy atom. The van der Waals surface area contributed by atoms with E-state index in [0.29, 0.717) is 0 Å². The van der Waals surface area contributed by atoms with Gasteiger partial charge in [-0.15, -0.1) is 11.3 Å². The fourth-order valence-corrected chi connectivity index (χ4v) is 4.05. The van der Waals surface area contributed by atoms with Gasteiger partial charge >= 0.3 is 0 Å². The molecule has 3 nitrogen and oxygen atoms in total. The summed E-state index contributed by atoms with van der Waals surface area (Å²) < 4.78 is 1.93. The van der Waals surface area contributed by atoms with E-state index in [2.05, 4.69) is 68.6 Å². The van der Waals surface area contributed by atoms with Crippen molar-refractivity contribution in [1.29, 1.82) is 0 Å². The molecule has 0 bridgehead atoms. The van der Waals surface area contributed by atoms with E-state index in [1.54, 1.807) is 11.3 Å². The number of rotatable bonds is 4. The van der Waals surface area contributed by atoms with Crippen molar-refractivity contribution in [3.8, 4) is 11.3 Å². The topological polar surface area (TPSA) is 29.6 Å². The van der Waals surface area contributed by atoms with Gasteiger partial charge in [0.05, 0.1) is 17.6 Å². The molecule has 4 heteroatoms. The highest BCUT2D eigenvalue weighted by Gasteiger charge is 2.07. The number of thiazole rings is 1. The predicted molar refractivity (Wildman–Crippen MR) is 123 cm³/mol. The molecule has 0 spiro atoms. The van der Waals surface area contributed by atoms with Crippen molar-refractivity contribution < 1.29 is 0 Å². The minimum atomic E-state index is 0.843. The van der Waals surface area contributed by atoms with Crippen LogP contribution >= 0.6 is 11.3 Å². The summed E-state index contributed by atoms with van der Waals surface area (Å²) >= 11 is 1.60. The summed E-state index contributed by atoms with van der Waals surface area (Å²) in [5.74, 6) is 0. The van der Waals surface area contributed by atoms with E-state index in [0.717, 1.165) is 27.3 Å². The molecule has 0 fully saturated rings. The van der Waals surface area contributed by atoms with Crippen LogP contribution in [0.15, 0.2) is 88.3 Å². The van der Waals surface area contributed by atoms with Gasteiger partial charge in [0.25, 0.3) is 0 Å². The van der Waals surface area contributed by atoms with Crippen LogP contribution in [0, 0.1) is 20.8 Å². The molecule has 29 heavy (non-hydrogen) atoms. The van der Waals surface area contributed by atoms with E-state index >= 15 is 0 Å². The molecule has 0 aliphatic heterocycles.